The van der Waals surface area contributed by atoms with Crippen molar-refractivity contribution in [1.82, 2.24) is 9.66 Å². The molecule has 4 nitrogen and oxygen atoms in total. The van der Waals surface area contributed by atoms with E-state index in [1.165, 1.54) is 10.2 Å². The van der Waals surface area contributed by atoms with E-state index in [0.29, 0.717) is 0 Å². The zero-order valence-corrected chi connectivity index (χ0v) is 14.8. The number of thiol groups is 1. The molecule has 0 bridgehead atoms. The Labute approximate surface area is 137 Å². The van der Waals surface area contributed by atoms with Gasteiger partial charge in [-0.25, -0.2) is 0 Å². The van der Waals surface area contributed by atoms with Crippen molar-refractivity contribution in [2.45, 2.75) is 27.7 Å². The molecule has 2 rings (SSSR count). The Morgan fingerprint density at radius 3 is 2.36 bits per heavy atom. The molecule has 0 unspecified atom stereocenters. The lowest BCUT2D eigenvalue weighted by atomic mass is 10.2. The molecule has 0 aliphatic rings. The Hall–Kier alpha value is -2.01. The van der Waals surface area contributed by atoms with Crippen LogP contribution in [0.1, 0.15) is 26.5 Å². The number of aromatic nitrogens is 2. The van der Waals surface area contributed by atoms with Crippen LogP contribution in [0.4, 0.5) is 0 Å². The summed E-state index contributed by atoms with van der Waals surface area (Å²) in [5.41, 5.74) is 4.92. The Bertz CT molecular complexity index is 781. The van der Waals surface area contributed by atoms with Crippen LogP contribution in [0.25, 0.3) is 10.9 Å². The molecule has 0 atom stereocenters. The second-order valence-electron chi connectivity index (χ2n) is 5.28. The van der Waals surface area contributed by atoms with Gasteiger partial charge in [0.2, 0.25) is 0 Å². The van der Waals surface area contributed by atoms with E-state index < -0.39 is 0 Å². The van der Waals surface area contributed by atoms with Crippen LogP contribution in [-0.2, 0) is 0 Å². The minimum Gasteiger partial charge on any atom is -0.338 e. The molecule has 0 aromatic carbocycles. The van der Waals surface area contributed by atoms with E-state index in [-0.39, 0.29) is 0 Å². The topological polar surface area (TPSA) is 56.2 Å². The summed E-state index contributed by atoms with van der Waals surface area (Å²) in [4.78, 5) is 9.54. The first kappa shape index (κ1) is 18.0. The summed E-state index contributed by atoms with van der Waals surface area (Å²) >= 11 is 4.20. The molecule has 0 spiro atoms. The number of hydrogen-bond acceptors (Lipinski definition) is 4. The van der Waals surface area contributed by atoms with Crippen molar-refractivity contribution < 1.29 is 0 Å². The van der Waals surface area contributed by atoms with Crippen LogP contribution in [0.2, 0.25) is 0 Å². The Balaban J connectivity index is 0.000000261. The van der Waals surface area contributed by atoms with Gasteiger partial charge in [-0.1, -0.05) is 12.2 Å². The van der Waals surface area contributed by atoms with E-state index in [4.69, 9.17) is 5.84 Å². The van der Waals surface area contributed by atoms with E-state index in [1.54, 1.807) is 13.2 Å². The van der Waals surface area contributed by atoms with Gasteiger partial charge >= 0.3 is 0 Å². The van der Waals surface area contributed by atoms with Gasteiger partial charge in [-0.15, -0.1) is 12.6 Å². The van der Waals surface area contributed by atoms with Crippen LogP contribution in [0, 0.1) is 6.92 Å². The summed E-state index contributed by atoms with van der Waals surface area (Å²) in [6, 6.07) is 5.83. The first-order valence-electron chi connectivity index (χ1n) is 6.97. The molecule has 2 aromatic rings. The first-order valence-corrected chi connectivity index (χ1v) is 7.42. The number of pyridine rings is 2. The lowest BCUT2D eigenvalue weighted by Gasteiger charge is -2.03. The molecule has 0 saturated heterocycles. The summed E-state index contributed by atoms with van der Waals surface area (Å²) in [5.74, 6) is 5.73. The summed E-state index contributed by atoms with van der Waals surface area (Å²) < 4.78 is 1.50. The fourth-order valence-electron chi connectivity index (χ4n) is 1.92. The molecular weight excluding hydrogens is 292 g/mol. The van der Waals surface area contributed by atoms with Gasteiger partial charge in [0.25, 0.3) is 0 Å². The monoisotopic (exact) mass is 316 g/mol. The van der Waals surface area contributed by atoms with E-state index in [0.717, 1.165) is 32.6 Å². The quantitative estimate of drug-likeness (QED) is 0.481. The van der Waals surface area contributed by atoms with Crippen LogP contribution in [-0.4, -0.2) is 16.7 Å². The van der Waals surface area contributed by atoms with Gasteiger partial charge in [-0.05, 0) is 51.5 Å². The minimum absolute atomic E-state index is 0.745. The molecule has 5 heteroatoms. The van der Waals surface area contributed by atoms with Crippen LogP contribution >= 0.6 is 12.6 Å². The molecule has 0 amide bonds. The highest BCUT2D eigenvalue weighted by molar-refractivity contribution is 7.84. The maximum Gasteiger partial charge on any atom is 0.155 e. The number of hydrogen-bond donors (Lipinski definition) is 2. The molecule has 118 valence electrons. The molecule has 0 saturated carbocycles. The number of allylic oxidation sites excluding steroid dienone is 2. The number of nitrogen functional groups attached to an aromatic ring is 1. The van der Waals surface area contributed by atoms with Crippen LogP contribution in [0.15, 0.2) is 52.0 Å². The maximum atomic E-state index is 5.73. The second kappa shape index (κ2) is 7.84. The van der Waals surface area contributed by atoms with Crippen LogP contribution in [0.3, 0.4) is 0 Å². The highest BCUT2D eigenvalue weighted by Crippen LogP contribution is 2.15. The highest BCUT2D eigenvalue weighted by atomic mass is 32.1. The number of nitrogens with zero attached hydrogens (tertiary/aromatic N) is 3. The summed E-state index contributed by atoms with van der Waals surface area (Å²) in [6.45, 7) is 11.7. The molecule has 2 N–H and O–H groups in total. The molecule has 0 fully saturated rings. The molecule has 0 aliphatic heterocycles. The Kier molecular flexibility index (Phi) is 6.43. The summed E-state index contributed by atoms with van der Waals surface area (Å²) in [6.07, 6.45) is 1.76. The van der Waals surface area contributed by atoms with Crippen molar-refractivity contribution in [1.29, 1.82) is 0 Å². The average Bonchev–Trinajstić information content (AvgIpc) is 2.47. The van der Waals surface area contributed by atoms with E-state index in [9.17, 15) is 0 Å². The van der Waals surface area contributed by atoms with Crippen molar-refractivity contribution >= 4 is 23.5 Å². The lowest BCUT2D eigenvalue weighted by Crippen LogP contribution is -2.27. The van der Waals surface area contributed by atoms with Gasteiger partial charge in [0, 0.05) is 29.2 Å². The lowest BCUT2D eigenvalue weighted by molar-refractivity contribution is 0.908. The highest BCUT2D eigenvalue weighted by Gasteiger charge is 1.99. The molecule has 2 aromatic heterocycles. The third kappa shape index (κ3) is 4.49. The normalized spacial score (nSPS) is 10.9. The van der Waals surface area contributed by atoms with Gasteiger partial charge in [-0.3, -0.25) is 14.7 Å². The predicted molar refractivity (Wildman–Crippen MR) is 98.3 cm³/mol. The fourth-order valence-corrected chi connectivity index (χ4v) is 1.92. The molecule has 0 aliphatic carbocycles. The van der Waals surface area contributed by atoms with E-state index >= 15 is 0 Å². The van der Waals surface area contributed by atoms with E-state index in [2.05, 4.69) is 29.2 Å². The van der Waals surface area contributed by atoms with E-state index in [1.807, 2.05) is 45.9 Å². The minimum atomic E-state index is 0.745. The third-order valence-electron chi connectivity index (χ3n) is 3.03. The van der Waals surface area contributed by atoms with Crippen molar-refractivity contribution in [3.63, 3.8) is 0 Å². The number of nitrogens with two attached hydrogens (primary N) is 1. The van der Waals surface area contributed by atoms with Gasteiger partial charge in [0.05, 0.1) is 5.52 Å². The largest absolute Gasteiger partial charge is 0.338 e. The fraction of sp³-hybridized carbons (Fsp3) is 0.294. The summed E-state index contributed by atoms with van der Waals surface area (Å²) in [5, 5.41) is 0.975. The average molecular weight is 316 g/mol. The SMILES string of the molecule is C=C(C)C(S)=C(C)C.CN=c1c2ccc(C)nc2ccn1N. The summed E-state index contributed by atoms with van der Waals surface area (Å²) in [7, 11) is 1.72. The van der Waals surface area contributed by atoms with Gasteiger partial charge in [0.1, 0.15) is 0 Å². The Morgan fingerprint density at radius 2 is 1.91 bits per heavy atom. The standard InChI is InChI=1S/C10H12N4.C7H12S/c1-7-3-4-8-9(13-7)5-6-14(11)10(8)12-2;1-5(2)7(8)6(3)4/h3-6H,11H2,1-2H3;8H,1H2,2-4H3. The van der Waals surface area contributed by atoms with Crippen molar-refractivity contribution in [3.8, 4) is 0 Å². The number of aryl methyl sites for hydroxylation is 1. The van der Waals surface area contributed by atoms with Crippen molar-refractivity contribution in [2.75, 3.05) is 12.9 Å². The number of rotatable bonds is 1. The Morgan fingerprint density at radius 1 is 1.27 bits per heavy atom. The second-order valence-corrected chi connectivity index (χ2v) is 5.73. The molecule has 2 heterocycles. The number of fused-ring (bicyclic) bond motifs is 1. The first-order chi connectivity index (χ1) is 10.3. The van der Waals surface area contributed by atoms with Crippen LogP contribution < -0.4 is 11.3 Å². The van der Waals surface area contributed by atoms with Crippen molar-refractivity contribution in [3.05, 3.63) is 58.2 Å². The van der Waals surface area contributed by atoms with Gasteiger partial charge in [0.15, 0.2) is 5.49 Å². The van der Waals surface area contributed by atoms with Crippen molar-refractivity contribution in [2.24, 2.45) is 4.99 Å². The van der Waals surface area contributed by atoms with Crippen LogP contribution in [0.5, 0.6) is 0 Å². The third-order valence-corrected chi connectivity index (χ3v) is 3.86. The zero-order chi connectivity index (χ0) is 16.9. The van der Waals surface area contributed by atoms with Gasteiger partial charge < -0.3 is 5.84 Å². The zero-order valence-electron chi connectivity index (χ0n) is 13.9. The smallest absolute Gasteiger partial charge is 0.155 e. The molecule has 0 radical (unpaired) electrons. The maximum absolute atomic E-state index is 5.73. The van der Waals surface area contributed by atoms with Gasteiger partial charge in [-0.2, -0.15) is 0 Å². The molecule has 22 heavy (non-hydrogen) atoms. The predicted octanol–water partition coefficient (Wildman–Crippen LogP) is 3.38. The molecular formula is C17H24N4S.